The van der Waals surface area contributed by atoms with Crippen LogP contribution in [0, 0.1) is 5.82 Å². The van der Waals surface area contributed by atoms with Crippen LogP contribution in [0.15, 0.2) is 29.4 Å². The first-order chi connectivity index (χ1) is 12.2. The molecular formula is C16H17FN4O3S. The fourth-order valence-electron chi connectivity index (χ4n) is 2.86. The Morgan fingerprint density at radius 3 is 2.76 bits per heavy atom. The number of ether oxygens (including phenoxy) is 2. The highest BCUT2D eigenvalue weighted by atomic mass is 32.2. The molecule has 132 valence electrons. The summed E-state index contributed by atoms with van der Waals surface area (Å²) in [6.45, 7) is 3.00. The Labute approximate surface area is 148 Å². The Hall–Kier alpha value is -2.13. The average molecular weight is 364 g/mol. The van der Waals surface area contributed by atoms with Gasteiger partial charge >= 0.3 is 5.97 Å². The molecule has 4 rings (SSSR count). The molecule has 2 aromatic rings. The van der Waals surface area contributed by atoms with Crippen LogP contribution in [-0.2, 0) is 14.3 Å². The number of esters is 1. The van der Waals surface area contributed by atoms with Gasteiger partial charge in [-0.15, -0.1) is 10.2 Å². The second-order valence-corrected chi connectivity index (χ2v) is 6.93. The maximum atomic E-state index is 13.8. The van der Waals surface area contributed by atoms with E-state index in [9.17, 15) is 9.18 Å². The summed E-state index contributed by atoms with van der Waals surface area (Å²) in [5.74, 6) is 0.0461. The van der Waals surface area contributed by atoms with Crippen molar-refractivity contribution in [2.45, 2.75) is 16.8 Å². The maximum Gasteiger partial charge on any atom is 0.319 e. The number of carbonyl (C=O) groups is 1. The molecule has 1 aromatic carbocycles. The van der Waals surface area contributed by atoms with E-state index in [0.29, 0.717) is 56.1 Å². The predicted molar refractivity (Wildman–Crippen MR) is 89.6 cm³/mol. The number of hydrogen-bond donors (Lipinski definition) is 0. The van der Waals surface area contributed by atoms with Crippen LogP contribution in [0.25, 0.3) is 5.69 Å². The molecule has 2 aliphatic rings. The van der Waals surface area contributed by atoms with Crippen LogP contribution in [0.4, 0.5) is 10.3 Å². The molecule has 25 heavy (non-hydrogen) atoms. The quantitative estimate of drug-likeness (QED) is 0.764. The second-order valence-electron chi connectivity index (χ2n) is 5.76. The van der Waals surface area contributed by atoms with Crippen molar-refractivity contribution in [1.82, 2.24) is 14.8 Å². The summed E-state index contributed by atoms with van der Waals surface area (Å²) in [5, 5.41) is 8.80. The van der Waals surface area contributed by atoms with Crippen LogP contribution in [0.2, 0.25) is 0 Å². The molecule has 0 aliphatic carbocycles. The third-order valence-electron chi connectivity index (χ3n) is 4.11. The first kappa shape index (κ1) is 16.3. The van der Waals surface area contributed by atoms with Gasteiger partial charge in [-0.2, -0.15) is 0 Å². The topological polar surface area (TPSA) is 69.5 Å². The minimum absolute atomic E-state index is 0.244. The molecule has 0 N–H and O–H groups in total. The van der Waals surface area contributed by atoms with Crippen molar-refractivity contribution in [2.24, 2.45) is 0 Å². The summed E-state index contributed by atoms with van der Waals surface area (Å²) in [5.41, 5.74) is 0.625. The monoisotopic (exact) mass is 364 g/mol. The van der Waals surface area contributed by atoms with E-state index in [1.165, 1.54) is 23.9 Å². The number of benzene rings is 1. The lowest BCUT2D eigenvalue weighted by Crippen LogP contribution is -2.37. The van der Waals surface area contributed by atoms with Crippen molar-refractivity contribution < 1.29 is 18.7 Å². The predicted octanol–water partition coefficient (Wildman–Crippen LogP) is 1.65. The van der Waals surface area contributed by atoms with Crippen molar-refractivity contribution in [3.63, 3.8) is 0 Å². The van der Waals surface area contributed by atoms with E-state index < -0.39 is 0 Å². The van der Waals surface area contributed by atoms with Gasteiger partial charge in [0.05, 0.1) is 25.5 Å². The van der Waals surface area contributed by atoms with Crippen LogP contribution >= 0.6 is 11.8 Å². The standard InChI is InChI=1S/C16H17FN4O3S/c17-11-2-1-3-12(10-11)21-15(20-5-8-23-9-6-20)18-19-16(21)25-13-4-7-24-14(13)22/h1-3,10,13H,4-9H2/t13-/m1/s1. The van der Waals surface area contributed by atoms with E-state index in [-0.39, 0.29) is 17.0 Å². The van der Waals surface area contributed by atoms with Gasteiger partial charge in [-0.1, -0.05) is 17.8 Å². The number of aromatic nitrogens is 3. The van der Waals surface area contributed by atoms with Gasteiger partial charge in [0.15, 0.2) is 5.16 Å². The molecule has 3 heterocycles. The third kappa shape index (κ3) is 3.34. The molecule has 0 unspecified atom stereocenters. The van der Waals surface area contributed by atoms with E-state index in [2.05, 4.69) is 15.1 Å². The molecular weight excluding hydrogens is 347 g/mol. The molecule has 0 amide bonds. The number of rotatable bonds is 4. The number of morpholine rings is 1. The highest BCUT2D eigenvalue weighted by Gasteiger charge is 2.31. The molecule has 2 aliphatic heterocycles. The van der Waals surface area contributed by atoms with Crippen molar-refractivity contribution in [3.8, 4) is 5.69 Å². The first-order valence-electron chi connectivity index (χ1n) is 8.10. The fraction of sp³-hybridized carbons (Fsp3) is 0.438. The molecule has 1 atom stereocenters. The number of nitrogens with zero attached hydrogens (tertiary/aromatic N) is 4. The van der Waals surface area contributed by atoms with E-state index >= 15 is 0 Å². The van der Waals surface area contributed by atoms with Crippen LogP contribution in [0.3, 0.4) is 0 Å². The zero-order valence-electron chi connectivity index (χ0n) is 13.4. The second kappa shape index (κ2) is 7.01. The van der Waals surface area contributed by atoms with Crippen LogP contribution in [0.5, 0.6) is 0 Å². The molecule has 7 nitrogen and oxygen atoms in total. The van der Waals surface area contributed by atoms with E-state index in [1.54, 1.807) is 16.7 Å². The highest BCUT2D eigenvalue weighted by molar-refractivity contribution is 8.00. The fourth-order valence-corrected chi connectivity index (χ4v) is 3.87. The Bertz CT molecular complexity index is 778. The van der Waals surface area contributed by atoms with Gasteiger partial charge in [0.1, 0.15) is 11.1 Å². The minimum atomic E-state index is -0.338. The molecule has 2 fully saturated rings. The SMILES string of the molecule is O=C1OCC[C@H]1Sc1nnc(N2CCOCC2)n1-c1cccc(F)c1. The number of thioether (sulfide) groups is 1. The van der Waals surface area contributed by atoms with E-state index in [0.717, 1.165) is 0 Å². The largest absolute Gasteiger partial charge is 0.465 e. The summed E-state index contributed by atoms with van der Waals surface area (Å²) in [7, 11) is 0. The third-order valence-corrected chi connectivity index (χ3v) is 5.30. The summed E-state index contributed by atoms with van der Waals surface area (Å²) >= 11 is 1.31. The normalized spacial score (nSPS) is 20.8. The number of cyclic esters (lactones) is 1. The Balaban J connectivity index is 1.73. The van der Waals surface area contributed by atoms with Crippen LogP contribution in [-0.4, -0.2) is 58.9 Å². The first-order valence-corrected chi connectivity index (χ1v) is 8.98. The zero-order valence-corrected chi connectivity index (χ0v) is 14.2. The summed E-state index contributed by atoms with van der Waals surface area (Å²) in [6.07, 6.45) is 0.631. The van der Waals surface area contributed by atoms with Gasteiger partial charge in [-0.3, -0.25) is 9.36 Å². The smallest absolute Gasteiger partial charge is 0.319 e. The lowest BCUT2D eigenvalue weighted by Gasteiger charge is -2.28. The molecule has 0 bridgehead atoms. The lowest BCUT2D eigenvalue weighted by atomic mass is 10.3. The van der Waals surface area contributed by atoms with Gasteiger partial charge in [0.2, 0.25) is 5.95 Å². The molecule has 1 aromatic heterocycles. The van der Waals surface area contributed by atoms with Gasteiger partial charge < -0.3 is 14.4 Å². The van der Waals surface area contributed by atoms with Crippen molar-refractivity contribution in [2.75, 3.05) is 37.8 Å². The molecule has 0 saturated carbocycles. The molecule has 2 saturated heterocycles. The number of anilines is 1. The Kier molecular flexibility index (Phi) is 4.58. The van der Waals surface area contributed by atoms with Crippen LogP contribution < -0.4 is 4.90 Å². The summed E-state index contributed by atoms with van der Waals surface area (Å²) in [6, 6.07) is 6.27. The minimum Gasteiger partial charge on any atom is -0.465 e. The van der Waals surface area contributed by atoms with Crippen molar-refractivity contribution >= 4 is 23.7 Å². The number of hydrogen-bond acceptors (Lipinski definition) is 7. The lowest BCUT2D eigenvalue weighted by molar-refractivity contribution is -0.137. The summed E-state index contributed by atoms with van der Waals surface area (Å²) in [4.78, 5) is 13.9. The maximum absolute atomic E-state index is 13.8. The van der Waals surface area contributed by atoms with Gasteiger partial charge in [0.25, 0.3) is 0 Å². The van der Waals surface area contributed by atoms with E-state index in [1.807, 2.05) is 0 Å². The van der Waals surface area contributed by atoms with Crippen molar-refractivity contribution in [1.29, 1.82) is 0 Å². The Morgan fingerprint density at radius 1 is 1.20 bits per heavy atom. The summed E-state index contributed by atoms with van der Waals surface area (Å²) < 4.78 is 26.0. The zero-order chi connectivity index (χ0) is 17.2. The molecule has 0 spiro atoms. The highest BCUT2D eigenvalue weighted by Crippen LogP contribution is 2.33. The number of halogens is 1. The van der Waals surface area contributed by atoms with Gasteiger partial charge in [-0.25, -0.2) is 4.39 Å². The number of carbonyl (C=O) groups excluding carboxylic acids is 1. The Morgan fingerprint density at radius 2 is 2.04 bits per heavy atom. The van der Waals surface area contributed by atoms with E-state index in [4.69, 9.17) is 9.47 Å². The molecule has 9 heteroatoms. The average Bonchev–Trinajstić information content (AvgIpc) is 3.23. The van der Waals surface area contributed by atoms with Gasteiger partial charge in [-0.05, 0) is 18.2 Å². The van der Waals surface area contributed by atoms with Crippen molar-refractivity contribution in [3.05, 3.63) is 30.1 Å². The van der Waals surface area contributed by atoms with Gasteiger partial charge in [0, 0.05) is 19.5 Å². The van der Waals surface area contributed by atoms with Crippen LogP contribution in [0.1, 0.15) is 6.42 Å². The molecule has 0 radical (unpaired) electrons.